The monoisotopic (exact) mass is 484 g/mol. The molecule has 1 N–H and O–H groups in total. The molecule has 1 heterocycles. The minimum atomic E-state index is -4.52. The van der Waals surface area contributed by atoms with Gasteiger partial charge in [-0.3, -0.25) is 0 Å². The number of rotatable bonds is 5. The molecule has 0 saturated carbocycles. The first-order valence-electron chi connectivity index (χ1n) is 9.16. The van der Waals surface area contributed by atoms with E-state index in [2.05, 4.69) is 4.72 Å². The number of nitrogens with zero attached hydrogens (tertiary/aromatic N) is 1. The van der Waals surface area contributed by atoms with Crippen molar-refractivity contribution in [3.8, 4) is 0 Å². The van der Waals surface area contributed by atoms with Crippen molar-refractivity contribution in [3.63, 3.8) is 0 Å². The lowest BCUT2D eigenvalue weighted by molar-refractivity contribution is -0.137. The number of anilines is 2. The molecule has 4 rings (SSSR count). The Morgan fingerprint density at radius 1 is 0.935 bits per heavy atom. The molecule has 0 aromatic heterocycles. The highest BCUT2D eigenvalue weighted by molar-refractivity contribution is 7.99. The van der Waals surface area contributed by atoms with E-state index in [0.29, 0.717) is 11.6 Å². The largest absolute Gasteiger partial charge is 0.416 e. The van der Waals surface area contributed by atoms with Gasteiger partial charge in [-0.05, 0) is 54.6 Å². The fraction of sp³-hybridized carbons (Fsp3) is 0.143. The van der Waals surface area contributed by atoms with Gasteiger partial charge in [0.2, 0.25) is 10.0 Å². The Bertz CT molecular complexity index is 1220. The van der Waals surface area contributed by atoms with Gasteiger partial charge in [0.05, 0.1) is 21.8 Å². The minimum absolute atomic E-state index is 0.0499. The molecule has 10 heteroatoms. The van der Waals surface area contributed by atoms with Gasteiger partial charge >= 0.3 is 6.18 Å². The van der Waals surface area contributed by atoms with Crippen LogP contribution in [0.5, 0.6) is 0 Å². The lowest BCUT2D eigenvalue weighted by atomic mass is 10.2. The van der Waals surface area contributed by atoms with Crippen molar-refractivity contribution in [3.05, 3.63) is 77.3 Å². The molecule has 1 aliphatic heterocycles. The van der Waals surface area contributed by atoms with Gasteiger partial charge in [-0.15, -0.1) is 0 Å². The topological polar surface area (TPSA) is 49.4 Å². The van der Waals surface area contributed by atoms with Gasteiger partial charge in [0, 0.05) is 27.9 Å². The molecule has 0 saturated heterocycles. The van der Waals surface area contributed by atoms with Crippen LogP contribution in [0.15, 0.2) is 81.4 Å². The van der Waals surface area contributed by atoms with Crippen LogP contribution in [0.25, 0.3) is 0 Å². The SMILES string of the molecule is O=S(=O)(NCCN1c2ccccc2Sc2ccc(Cl)cc21)c1ccc(C(F)(F)F)cc1. The smallest absolute Gasteiger partial charge is 0.338 e. The summed E-state index contributed by atoms with van der Waals surface area (Å²) in [5.74, 6) is 0. The lowest BCUT2D eigenvalue weighted by Gasteiger charge is -2.33. The predicted molar refractivity (Wildman–Crippen MR) is 116 cm³/mol. The van der Waals surface area contributed by atoms with Crippen molar-refractivity contribution in [2.75, 3.05) is 18.0 Å². The molecular weight excluding hydrogens is 469 g/mol. The molecule has 0 atom stereocenters. The molecule has 3 aromatic rings. The van der Waals surface area contributed by atoms with E-state index in [-0.39, 0.29) is 11.4 Å². The third-order valence-corrected chi connectivity index (χ3v) is 7.55. The van der Waals surface area contributed by atoms with Gasteiger partial charge in [-0.2, -0.15) is 13.2 Å². The highest BCUT2D eigenvalue weighted by atomic mass is 35.5. The van der Waals surface area contributed by atoms with Gasteiger partial charge in [-0.1, -0.05) is 35.5 Å². The molecule has 0 amide bonds. The third-order valence-electron chi connectivity index (χ3n) is 4.71. The number of benzene rings is 3. The summed E-state index contributed by atoms with van der Waals surface area (Å²) < 4.78 is 65.7. The van der Waals surface area contributed by atoms with E-state index in [1.807, 2.05) is 41.3 Å². The van der Waals surface area contributed by atoms with Crippen LogP contribution < -0.4 is 9.62 Å². The quantitative estimate of drug-likeness (QED) is 0.487. The van der Waals surface area contributed by atoms with Crippen molar-refractivity contribution in [2.45, 2.75) is 20.9 Å². The zero-order chi connectivity index (χ0) is 22.2. The van der Waals surface area contributed by atoms with Gasteiger partial charge in [0.25, 0.3) is 0 Å². The number of hydrogen-bond donors (Lipinski definition) is 1. The highest BCUT2D eigenvalue weighted by Gasteiger charge is 2.30. The molecule has 31 heavy (non-hydrogen) atoms. The number of para-hydroxylation sites is 1. The first-order chi connectivity index (χ1) is 14.6. The molecule has 3 aromatic carbocycles. The Balaban J connectivity index is 1.53. The summed E-state index contributed by atoms with van der Waals surface area (Å²) in [4.78, 5) is 3.78. The Morgan fingerprint density at radius 2 is 1.61 bits per heavy atom. The summed E-state index contributed by atoms with van der Waals surface area (Å²) >= 11 is 7.78. The van der Waals surface area contributed by atoms with E-state index in [9.17, 15) is 21.6 Å². The Labute approximate surface area is 187 Å². The first-order valence-corrected chi connectivity index (χ1v) is 11.8. The van der Waals surface area contributed by atoms with Crippen molar-refractivity contribution in [2.24, 2.45) is 0 Å². The third kappa shape index (κ3) is 4.69. The number of hydrogen-bond acceptors (Lipinski definition) is 4. The predicted octanol–water partition coefficient (Wildman–Crippen LogP) is 5.94. The highest BCUT2D eigenvalue weighted by Crippen LogP contribution is 2.48. The van der Waals surface area contributed by atoms with Crippen molar-refractivity contribution >= 4 is 44.8 Å². The molecule has 0 fully saturated rings. The van der Waals surface area contributed by atoms with Crippen LogP contribution in [0.2, 0.25) is 5.02 Å². The summed E-state index contributed by atoms with van der Waals surface area (Å²) in [6.07, 6.45) is -4.52. The van der Waals surface area contributed by atoms with Crippen LogP contribution in [-0.4, -0.2) is 21.5 Å². The maximum absolute atomic E-state index is 12.7. The van der Waals surface area contributed by atoms with Gasteiger partial charge < -0.3 is 4.90 Å². The maximum Gasteiger partial charge on any atom is 0.416 e. The summed E-state index contributed by atoms with van der Waals surface area (Å²) in [6, 6.07) is 16.7. The number of sulfonamides is 1. The Morgan fingerprint density at radius 3 is 2.32 bits per heavy atom. The van der Waals surface area contributed by atoms with E-state index in [1.165, 1.54) is 0 Å². The molecular formula is C21H16ClF3N2O2S2. The second-order valence-corrected chi connectivity index (χ2v) is 10.0. The van der Waals surface area contributed by atoms with E-state index in [0.717, 1.165) is 45.4 Å². The molecule has 0 bridgehead atoms. The van der Waals surface area contributed by atoms with Gasteiger partial charge in [0.15, 0.2) is 0 Å². The van der Waals surface area contributed by atoms with Crippen LogP contribution in [0, 0.1) is 0 Å². The molecule has 1 aliphatic rings. The van der Waals surface area contributed by atoms with Crippen LogP contribution in [0.3, 0.4) is 0 Å². The molecule has 0 spiro atoms. The number of fused-ring (bicyclic) bond motifs is 2. The van der Waals surface area contributed by atoms with E-state index in [4.69, 9.17) is 11.6 Å². The number of nitrogens with one attached hydrogen (secondary N) is 1. The Hall–Kier alpha value is -2.20. The average molecular weight is 485 g/mol. The summed E-state index contributed by atoms with van der Waals surface area (Å²) in [7, 11) is -3.96. The summed E-state index contributed by atoms with van der Waals surface area (Å²) in [5, 5.41) is 0.564. The zero-order valence-corrected chi connectivity index (χ0v) is 18.2. The molecule has 0 aliphatic carbocycles. The van der Waals surface area contributed by atoms with Crippen LogP contribution in [0.4, 0.5) is 24.5 Å². The van der Waals surface area contributed by atoms with E-state index in [1.54, 1.807) is 17.8 Å². The normalized spacial score (nSPS) is 13.6. The molecule has 4 nitrogen and oxygen atoms in total. The van der Waals surface area contributed by atoms with Crippen LogP contribution in [0.1, 0.15) is 5.56 Å². The van der Waals surface area contributed by atoms with Crippen molar-refractivity contribution in [1.29, 1.82) is 0 Å². The lowest BCUT2D eigenvalue weighted by Crippen LogP contribution is -2.33. The maximum atomic E-state index is 12.7. The van der Waals surface area contributed by atoms with E-state index >= 15 is 0 Å². The average Bonchev–Trinajstić information content (AvgIpc) is 2.73. The number of halogens is 4. The van der Waals surface area contributed by atoms with Crippen LogP contribution >= 0.6 is 23.4 Å². The minimum Gasteiger partial charge on any atom is -0.338 e. The molecule has 0 radical (unpaired) electrons. The van der Waals surface area contributed by atoms with Gasteiger partial charge in [0.1, 0.15) is 0 Å². The van der Waals surface area contributed by atoms with Crippen molar-refractivity contribution < 1.29 is 21.6 Å². The second kappa shape index (κ2) is 8.38. The fourth-order valence-corrected chi connectivity index (χ4v) is 5.51. The van der Waals surface area contributed by atoms with Gasteiger partial charge in [-0.25, -0.2) is 13.1 Å². The summed E-state index contributed by atoms with van der Waals surface area (Å²) in [5.41, 5.74) is 0.892. The Kier molecular flexibility index (Phi) is 5.95. The van der Waals surface area contributed by atoms with E-state index < -0.39 is 21.8 Å². The first kappa shape index (κ1) is 22.0. The van der Waals surface area contributed by atoms with Crippen LogP contribution in [-0.2, 0) is 16.2 Å². The molecule has 0 unspecified atom stereocenters. The second-order valence-electron chi connectivity index (χ2n) is 6.75. The zero-order valence-electron chi connectivity index (χ0n) is 15.9. The van der Waals surface area contributed by atoms with Crippen molar-refractivity contribution in [1.82, 2.24) is 4.72 Å². The fourth-order valence-electron chi connectivity index (χ4n) is 3.24. The number of alkyl halides is 3. The molecule has 162 valence electrons. The standard InChI is InChI=1S/C21H16ClF3N2O2S2/c22-15-7-10-20-18(13-15)27(17-3-1-2-4-19(17)30-20)12-11-26-31(28,29)16-8-5-14(6-9-16)21(23,24)25/h1-10,13,26H,11-12H2. The summed E-state index contributed by atoms with van der Waals surface area (Å²) in [6.45, 7) is 0.360.